The summed E-state index contributed by atoms with van der Waals surface area (Å²) >= 11 is 0. The third kappa shape index (κ3) is 4.16. The molecule has 0 aliphatic heterocycles. The number of fused-ring (bicyclic) bond motifs is 1. The molecule has 0 radical (unpaired) electrons. The van der Waals surface area contributed by atoms with E-state index in [0.717, 1.165) is 35.6 Å². The van der Waals surface area contributed by atoms with Gasteiger partial charge in [-0.3, -0.25) is 0 Å². The SMILES string of the molecule is CN(C)S(=O)(=O)c1ccc(OC2c3ccccc3CC2CC2=CCCCC2)c(O)c1O. The number of nitrogens with zero attached hydrogens (tertiary/aromatic N) is 1. The topological polar surface area (TPSA) is 87.1 Å². The lowest BCUT2D eigenvalue weighted by atomic mass is 9.88. The van der Waals surface area contributed by atoms with Gasteiger partial charge in [-0.25, -0.2) is 12.7 Å². The number of phenolic OH excluding ortho intramolecular Hbond substituents is 2. The van der Waals surface area contributed by atoms with E-state index in [9.17, 15) is 18.6 Å². The summed E-state index contributed by atoms with van der Waals surface area (Å²) in [5.41, 5.74) is 3.76. The fraction of sp³-hybridized carbons (Fsp3) is 0.417. The Morgan fingerprint density at radius 3 is 2.55 bits per heavy atom. The van der Waals surface area contributed by atoms with Gasteiger partial charge in [0.15, 0.2) is 11.5 Å². The van der Waals surface area contributed by atoms with Gasteiger partial charge in [0.2, 0.25) is 15.8 Å². The number of rotatable bonds is 6. The van der Waals surface area contributed by atoms with Gasteiger partial charge < -0.3 is 14.9 Å². The van der Waals surface area contributed by atoms with E-state index in [1.54, 1.807) is 0 Å². The largest absolute Gasteiger partial charge is 0.503 e. The molecular formula is C24H29NO5S. The van der Waals surface area contributed by atoms with Crippen molar-refractivity contribution in [3.63, 3.8) is 0 Å². The number of allylic oxidation sites excluding steroid dienone is 2. The molecule has 2 atom stereocenters. The molecule has 6 nitrogen and oxygen atoms in total. The molecule has 0 saturated carbocycles. The Kier molecular flexibility index (Phi) is 5.99. The number of hydrogen-bond donors (Lipinski definition) is 2. The quantitative estimate of drug-likeness (QED) is 0.506. The van der Waals surface area contributed by atoms with Crippen molar-refractivity contribution in [2.24, 2.45) is 5.92 Å². The molecule has 0 amide bonds. The van der Waals surface area contributed by atoms with E-state index in [4.69, 9.17) is 4.74 Å². The highest BCUT2D eigenvalue weighted by molar-refractivity contribution is 7.89. The minimum absolute atomic E-state index is 0.0829. The first kappa shape index (κ1) is 21.7. The number of benzene rings is 2. The van der Waals surface area contributed by atoms with Gasteiger partial charge in [-0.2, -0.15) is 0 Å². The lowest BCUT2D eigenvalue weighted by Crippen LogP contribution is -2.22. The monoisotopic (exact) mass is 443 g/mol. The van der Waals surface area contributed by atoms with Crippen molar-refractivity contribution in [3.8, 4) is 17.2 Å². The fourth-order valence-corrected chi connectivity index (χ4v) is 5.56. The van der Waals surface area contributed by atoms with Crippen molar-refractivity contribution >= 4 is 10.0 Å². The van der Waals surface area contributed by atoms with Crippen LogP contribution in [0.4, 0.5) is 0 Å². The molecule has 2 aromatic carbocycles. The molecule has 0 bridgehead atoms. The van der Waals surface area contributed by atoms with Crippen LogP contribution in [0.5, 0.6) is 17.2 Å². The minimum Gasteiger partial charge on any atom is -0.503 e. The highest BCUT2D eigenvalue weighted by atomic mass is 32.2. The molecule has 2 aromatic rings. The lowest BCUT2D eigenvalue weighted by molar-refractivity contribution is 0.142. The first-order valence-electron chi connectivity index (χ1n) is 10.7. The molecule has 166 valence electrons. The molecule has 2 aliphatic carbocycles. The van der Waals surface area contributed by atoms with Gasteiger partial charge in [-0.05, 0) is 61.8 Å². The Morgan fingerprint density at radius 2 is 1.84 bits per heavy atom. The van der Waals surface area contributed by atoms with Crippen LogP contribution in [-0.4, -0.2) is 37.0 Å². The average molecular weight is 444 g/mol. The summed E-state index contributed by atoms with van der Waals surface area (Å²) in [5, 5.41) is 21.0. The number of phenols is 2. The molecule has 0 saturated heterocycles. The lowest BCUT2D eigenvalue weighted by Gasteiger charge is -2.25. The van der Waals surface area contributed by atoms with Crippen LogP contribution < -0.4 is 4.74 Å². The maximum atomic E-state index is 12.4. The average Bonchev–Trinajstić information content (AvgIpc) is 3.09. The van der Waals surface area contributed by atoms with Gasteiger partial charge in [0.25, 0.3) is 0 Å². The molecule has 2 N–H and O–H groups in total. The number of aromatic hydroxyl groups is 2. The summed E-state index contributed by atoms with van der Waals surface area (Å²) in [6.45, 7) is 0. The second kappa shape index (κ2) is 8.55. The van der Waals surface area contributed by atoms with Crippen molar-refractivity contribution in [2.75, 3.05) is 14.1 Å². The van der Waals surface area contributed by atoms with E-state index >= 15 is 0 Å². The van der Waals surface area contributed by atoms with Crippen LogP contribution in [-0.2, 0) is 16.4 Å². The Hall–Kier alpha value is -2.51. The van der Waals surface area contributed by atoms with Gasteiger partial charge >= 0.3 is 0 Å². The van der Waals surface area contributed by atoms with Crippen molar-refractivity contribution in [3.05, 3.63) is 59.2 Å². The Bertz CT molecular complexity index is 1110. The Morgan fingerprint density at radius 1 is 1.06 bits per heavy atom. The summed E-state index contributed by atoms with van der Waals surface area (Å²) in [6, 6.07) is 10.8. The van der Waals surface area contributed by atoms with Crippen molar-refractivity contribution in [1.29, 1.82) is 0 Å². The van der Waals surface area contributed by atoms with Crippen LogP contribution in [0.2, 0.25) is 0 Å². The number of sulfonamides is 1. The Labute approximate surface area is 183 Å². The predicted molar refractivity (Wildman–Crippen MR) is 119 cm³/mol. The van der Waals surface area contributed by atoms with Crippen molar-refractivity contribution in [2.45, 2.75) is 49.5 Å². The van der Waals surface area contributed by atoms with E-state index in [-0.39, 0.29) is 22.7 Å². The van der Waals surface area contributed by atoms with Gasteiger partial charge in [0, 0.05) is 20.0 Å². The maximum Gasteiger partial charge on any atom is 0.246 e. The smallest absolute Gasteiger partial charge is 0.246 e. The highest BCUT2D eigenvalue weighted by Crippen LogP contribution is 2.47. The van der Waals surface area contributed by atoms with Crippen LogP contribution in [0.3, 0.4) is 0 Å². The number of hydrogen-bond acceptors (Lipinski definition) is 5. The summed E-state index contributed by atoms with van der Waals surface area (Å²) in [4.78, 5) is -0.349. The molecule has 0 aromatic heterocycles. The second-order valence-electron chi connectivity index (χ2n) is 8.56. The molecular weight excluding hydrogens is 414 g/mol. The normalized spacial score (nSPS) is 21.1. The molecule has 2 aliphatic rings. The first-order valence-corrected chi connectivity index (χ1v) is 12.1. The predicted octanol–water partition coefficient (Wildman–Crippen LogP) is 4.53. The van der Waals surface area contributed by atoms with Gasteiger partial charge in [-0.1, -0.05) is 35.9 Å². The van der Waals surface area contributed by atoms with Gasteiger partial charge in [0.05, 0.1) is 0 Å². The van der Waals surface area contributed by atoms with E-state index < -0.39 is 21.5 Å². The van der Waals surface area contributed by atoms with Crippen LogP contribution in [0.25, 0.3) is 0 Å². The summed E-state index contributed by atoms with van der Waals surface area (Å²) < 4.78 is 32.1. The highest BCUT2D eigenvalue weighted by Gasteiger charge is 2.36. The molecule has 31 heavy (non-hydrogen) atoms. The van der Waals surface area contributed by atoms with E-state index in [1.807, 2.05) is 18.2 Å². The van der Waals surface area contributed by atoms with Gasteiger partial charge in [0.1, 0.15) is 11.0 Å². The van der Waals surface area contributed by atoms with Gasteiger partial charge in [-0.15, -0.1) is 0 Å². The molecule has 7 heteroatoms. The first-order chi connectivity index (χ1) is 14.8. The molecule has 0 heterocycles. The van der Waals surface area contributed by atoms with Crippen LogP contribution in [0.15, 0.2) is 52.9 Å². The summed E-state index contributed by atoms with van der Waals surface area (Å²) in [5.74, 6) is -0.944. The van der Waals surface area contributed by atoms with Crippen molar-refractivity contribution in [1.82, 2.24) is 4.31 Å². The standard InChI is InChI=1S/C24H29NO5S/c1-25(2)31(28,29)21-13-12-20(22(26)23(21)27)30-24-18(14-16-8-4-3-5-9-16)15-17-10-6-7-11-19(17)24/h6-8,10-13,18,24,26-27H,3-5,9,14-15H2,1-2H3. The molecule has 2 unspecified atom stereocenters. The zero-order valence-corrected chi connectivity index (χ0v) is 18.7. The Balaban J connectivity index is 1.65. The molecule has 0 fully saturated rings. The minimum atomic E-state index is -3.89. The van der Waals surface area contributed by atoms with Crippen molar-refractivity contribution < 1.29 is 23.4 Å². The van der Waals surface area contributed by atoms with Crippen LogP contribution >= 0.6 is 0 Å². The fourth-order valence-electron chi connectivity index (χ4n) is 4.59. The van der Waals surface area contributed by atoms with E-state index in [1.165, 1.54) is 50.2 Å². The zero-order valence-electron chi connectivity index (χ0n) is 17.9. The molecule has 4 rings (SSSR count). The zero-order chi connectivity index (χ0) is 22.2. The third-order valence-corrected chi connectivity index (χ3v) is 8.12. The second-order valence-corrected chi connectivity index (χ2v) is 10.7. The maximum absolute atomic E-state index is 12.4. The summed E-state index contributed by atoms with van der Waals surface area (Å²) in [7, 11) is -1.15. The van der Waals surface area contributed by atoms with E-state index in [0.29, 0.717) is 0 Å². The number of ether oxygens (including phenoxy) is 1. The van der Waals surface area contributed by atoms with Crippen LogP contribution in [0.1, 0.15) is 49.3 Å². The van der Waals surface area contributed by atoms with Crippen LogP contribution in [0, 0.1) is 5.92 Å². The third-order valence-electron chi connectivity index (χ3n) is 6.27. The molecule has 0 spiro atoms. The van der Waals surface area contributed by atoms with E-state index in [2.05, 4.69) is 12.1 Å². The summed E-state index contributed by atoms with van der Waals surface area (Å²) in [6.07, 6.45) is 8.57.